The Hall–Kier alpha value is -5.14. The average molecular weight is 965 g/mol. The van der Waals surface area contributed by atoms with Gasteiger partial charge in [-0.2, -0.15) is 0 Å². The largest absolute Gasteiger partial charge is 0.394 e. The molecule has 6 amide bonds. The van der Waals surface area contributed by atoms with Crippen LogP contribution in [0.4, 0.5) is 11.4 Å². The maximum absolute atomic E-state index is 14.2. The second-order valence-corrected chi connectivity index (χ2v) is 17.6. The lowest BCUT2D eigenvalue weighted by atomic mass is 9.87. The number of aliphatic hydroxyl groups is 10. The van der Waals surface area contributed by atoms with Gasteiger partial charge in [0.1, 0.15) is 5.60 Å². The van der Waals surface area contributed by atoms with E-state index in [0.717, 1.165) is 43.2 Å². The van der Waals surface area contributed by atoms with E-state index in [1.807, 2.05) is 0 Å². The molecule has 0 spiro atoms. The molecular weight excluding hydrogens is 893 g/mol. The number of nitrogens with zero attached hydrogens (tertiary/aromatic N) is 6. The Morgan fingerprint density at radius 2 is 0.632 bits per heavy atom. The number of hydrogen-bond donors (Lipinski definition) is 10. The van der Waals surface area contributed by atoms with Crippen molar-refractivity contribution in [2.24, 2.45) is 0 Å². The van der Waals surface area contributed by atoms with Crippen LogP contribution in [0.5, 0.6) is 0 Å². The number of carbonyl (C=O) groups excluding carboxylic acids is 6. The highest BCUT2D eigenvalue weighted by atomic mass is 16.3. The van der Waals surface area contributed by atoms with Crippen LogP contribution in [0.2, 0.25) is 0 Å². The maximum atomic E-state index is 14.2. The third-order valence-electron chi connectivity index (χ3n) is 11.9. The van der Waals surface area contributed by atoms with Gasteiger partial charge in [-0.3, -0.25) is 28.8 Å². The van der Waals surface area contributed by atoms with Crippen LogP contribution in [0.25, 0.3) is 0 Å². The molecule has 0 bridgehead atoms. The van der Waals surface area contributed by atoms with E-state index in [-0.39, 0.29) is 93.2 Å². The van der Waals surface area contributed by atoms with Crippen molar-refractivity contribution in [1.82, 2.24) is 19.6 Å². The van der Waals surface area contributed by atoms with Crippen LogP contribution in [0.1, 0.15) is 88.7 Å². The summed E-state index contributed by atoms with van der Waals surface area (Å²) in [5.41, 5.74) is -2.27. The minimum Gasteiger partial charge on any atom is -0.394 e. The van der Waals surface area contributed by atoms with Gasteiger partial charge in [0.15, 0.2) is 0 Å². The second-order valence-electron chi connectivity index (χ2n) is 17.6. The Balaban J connectivity index is 3.08. The highest BCUT2D eigenvalue weighted by molar-refractivity contribution is 6.09. The van der Waals surface area contributed by atoms with Crippen LogP contribution < -0.4 is 9.80 Å². The van der Waals surface area contributed by atoms with Gasteiger partial charge in [0.25, 0.3) is 23.6 Å². The van der Waals surface area contributed by atoms with Crippen LogP contribution >= 0.6 is 0 Å². The third-order valence-corrected chi connectivity index (χ3v) is 11.9. The lowest BCUT2D eigenvalue weighted by Gasteiger charge is -2.39. The molecule has 0 saturated carbocycles. The number of benzene rings is 2. The summed E-state index contributed by atoms with van der Waals surface area (Å²) in [6.45, 7) is 4.27. The molecule has 382 valence electrons. The minimum absolute atomic E-state index is 0.0621. The van der Waals surface area contributed by atoms with Crippen molar-refractivity contribution in [3.05, 3.63) is 55.6 Å². The molecule has 0 aliphatic rings. The molecule has 4 atom stereocenters. The second kappa shape index (κ2) is 24.9. The zero-order valence-electron chi connectivity index (χ0n) is 41.2. The Bertz CT molecular complexity index is 1930. The summed E-state index contributed by atoms with van der Waals surface area (Å²) in [6, 6.07) is 0. The van der Waals surface area contributed by atoms with Gasteiger partial charge in [0, 0.05) is 90.5 Å². The summed E-state index contributed by atoms with van der Waals surface area (Å²) in [5.74, 6) is -4.49. The molecule has 68 heavy (non-hydrogen) atoms. The van der Waals surface area contributed by atoms with Crippen molar-refractivity contribution in [2.45, 2.75) is 85.4 Å². The molecule has 4 unspecified atom stereocenters. The average Bonchev–Trinajstić information content (AvgIpc) is 3.27. The minimum atomic E-state index is -2.47. The summed E-state index contributed by atoms with van der Waals surface area (Å²) in [7, 11) is 5.37. The first-order valence-corrected chi connectivity index (χ1v) is 21.9. The van der Waals surface area contributed by atoms with Gasteiger partial charge in [0.2, 0.25) is 11.8 Å². The smallest absolute Gasteiger partial charge is 0.254 e. The fourth-order valence-corrected chi connectivity index (χ4v) is 8.53. The number of hydrogen-bond acceptors (Lipinski definition) is 16. The van der Waals surface area contributed by atoms with Crippen LogP contribution in [0.15, 0.2) is 0 Å². The highest BCUT2D eigenvalue weighted by Gasteiger charge is 2.40. The molecule has 2 aromatic carbocycles. The first-order chi connectivity index (χ1) is 31.5. The molecule has 2 rings (SSSR count). The van der Waals surface area contributed by atoms with E-state index in [0.29, 0.717) is 0 Å². The van der Waals surface area contributed by atoms with Crippen molar-refractivity contribution >= 4 is 46.8 Å². The van der Waals surface area contributed by atoms with E-state index in [2.05, 4.69) is 0 Å². The Morgan fingerprint density at radius 3 is 0.794 bits per heavy atom. The van der Waals surface area contributed by atoms with E-state index in [4.69, 9.17) is 0 Å². The number of rotatable bonds is 23. The number of aliphatic hydroxyl groups excluding tert-OH is 9. The zero-order chi connectivity index (χ0) is 52.4. The molecule has 0 heterocycles. The Kier molecular flexibility index (Phi) is 21.6. The molecule has 10 N–H and O–H groups in total. The van der Waals surface area contributed by atoms with Crippen molar-refractivity contribution in [2.75, 3.05) is 110 Å². The third kappa shape index (κ3) is 13.3. The van der Waals surface area contributed by atoms with Crippen LogP contribution in [-0.2, 0) is 9.59 Å². The fraction of sp³-hybridized carbons (Fsp3) is 0.609. The van der Waals surface area contributed by atoms with Crippen molar-refractivity contribution < 1.29 is 79.8 Å². The first kappa shape index (κ1) is 59.0. The molecule has 0 aliphatic carbocycles. The van der Waals surface area contributed by atoms with E-state index >= 15 is 0 Å². The highest BCUT2D eigenvalue weighted by Crippen LogP contribution is 2.39. The summed E-state index contributed by atoms with van der Waals surface area (Å²) < 4.78 is 0. The maximum Gasteiger partial charge on any atom is 0.254 e. The number of carbonyl (C=O) groups is 6. The summed E-state index contributed by atoms with van der Waals surface area (Å²) in [4.78, 5) is 91.2. The topological polar surface area (TPSA) is 324 Å². The molecule has 0 saturated heterocycles. The molecule has 0 fully saturated rings. The van der Waals surface area contributed by atoms with Gasteiger partial charge in [-0.1, -0.05) is 0 Å². The van der Waals surface area contributed by atoms with Crippen molar-refractivity contribution in [3.8, 4) is 0 Å². The first-order valence-electron chi connectivity index (χ1n) is 21.9. The monoisotopic (exact) mass is 965 g/mol. The SMILES string of the molecule is CC(=O)N(CC(O)(CO)CN(C(C)=O)c1c(C)c(C(=O)N(C)CC(O)CO)c(C)c(C(=O)N(C)CC(O)CO)c1C)c1c(C)c(C(=O)N(C)CC(O)CO)c(C)c(C(=O)N(C)CC(O)CO)c1C. The summed E-state index contributed by atoms with van der Waals surface area (Å²) in [5, 5.41) is 102. The molecule has 22 heteroatoms. The fourth-order valence-electron chi connectivity index (χ4n) is 8.53. The molecule has 2 aromatic rings. The van der Waals surface area contributed by atoms with Crippen molar-refractivity contribution in [1.29, 1.82) is 0 Å². The van der Waals surface area contributed by atoms with Crippen LogP contribution in [0.3, 0.4) is 0 Å². The predicted molar refractivity (Wildman–Crippen MR) is 250 cm³/mol. The molecular formula is C46H72N6O16. The van der Waals surface area contributed by atoms with Gasteiger partial charge in [0.05, 0.1) is 81.9 Å². The number of anilines is 2. The Labute approximate surface area is 396 Å². The van der Waals surface area contributed by atoms with Gasteiger partial charge in [-0.15, -0.1) is 0 Å². The van der Waals surface area contributed by atoms with Gasteiger partial charge >= 0.3 is 0 Å². The zero-order valence-corrected chi connectivity index (χ0v) is 41.2. The Morgan fingerprint density at radius 1 is 0.426 bits per heavy atom. The molecule has 0 radical (unpaired) electrons. The van der Waals surface area contributed by atoms with Gasteiger partial charge in [-0.25, -0.2) is 0 Å². The van der Waals surface area contributed by atoms with E-state index in [9.17, 15) is 79.8 Å². The summed E-state index contributed by atoms with van der Waals surface area (Å²) >= 11 is 0. The van der Waals surface area contributed by atoms with E-state index in [1.165, 1.54) is 69.7 Å². The molecule has 0 aliphatic heterocycles. The number of amides is 6. The number of likely N-dealkylation sites (N-methyl/N-ethyl adjacent to an activating group) is 4. The van der Waals surface area contributed by atoms with Gasteiger partial charge in [-0.05, 0) is 74.9 Å². The predicted octanol–water partition coefficient (Wildman–Crippen LogP) is -2.63. The lowest BCUT2D eigenvalue weighted by Crippen LogP contribution is -2.56. The normalized spacial score (nSPS) is 14.0. The van der Waals surface area contributed by atoms with Crippen molar-refractivity contribution in [3.63, 3.8) is 0 Å². The molecule has 22 nitrogen and oxygen atoms in total. The lowest BCUT2D eigenvalue weighted by molar-refractivity contribution is -0.118. The quantitative estimate of drug-likeness (QED) is 0.0545. The van der Waals surface area contributed by atoms with Crippen LogP contribution in [0, 0.1) is 41.5 Å². The van der Waals surface area contributed by atoms with E-state index < -0.39 is 112 Å². The van der Waals surface area contributed by atoms with Crippen LogP contribution in [-0.4, -0.2) is 237 Å². The van der Waals surface area contributed by atoms with Gasteiger partial charge < -0.3 is 80.5 Å². The van der Waals surface area contributed by atoms with E-state index in [1.54, 1.807) is 0 Å². The molecule has 0 aromatic heterocycles. The standard InChI is InChI=1S/C46H72N6O16/c1-24-36(42(64)47(9)13-32(60)17-53)26(3)40(27(4)37(24)43(65)48(10)14-33(61)18-54)51(30(7)58)21-46(68,23-57)22-52(31(8)59)41-28(5)38(44(66)49(11)15-34(62)19-55)25(2)39(29(41)6)45(67)50(12)16-35(63)20-56/h32-35,53-57,60-63,68H,13-23H2,1-12H3. The summed E-state index contributed by atoms with van der Waals surface area (Å²) in [6.07, 6.45) is -5.38.